The zero-order chi connectivity index (χ0) is 18.7. The van der Waals surface area contributed by atoms with Crippen LogP contribution in [0, 0.1) is 6.92 Å². The van der Waals surface area contributed by atoms with Crippen molar-refractivity contribution >= 4 is 40.1 Å². The van der Waals surface area contributed by atoms with Crippen molar-refractivity contribution in [2.45, 2.75) is 26.4 Å². The van der Waals surface area contributed by atoms with Gasteiger partial charge >= 0.3 is 5.97 Å². The highest BCUT2D eigenvalue weighted by Gasteiger charge is 2.19. The lowest BCUT2D eigenvalue weighted by molar-refractivity contribution is -0.152. The number of amides is 1. The summed E-state index contributed by atoms with van der Waals surface area (Å²) < 4.78 is 10.7. The molecule has 1 atom stereocenters. The van der Waals surface area contributed by atoms with E-state index in [0.717, 1.165) is 22.1 Å². The van der Waals surface area contributed by atoms with Crippen molar-refractivity contribution in [1.82, 2.24) is 0 Å². The van der Waals surface area contributed by atoms with Gasteiger partial charge in [0.1, 0.15) is 5.58 Å². The van der Waals surface area contributed by atoms with E-state index >= 15 is 0 Å². The standard InChI is InChI=1S/C20H18ClNO4/c1-12-3-8-17-14(11-25-18(17)9-12)10-19(23)26-13(2)20(24)22-16-6-4-15(21)5-7-16/h3-9,11,13H,10H2,1-2H3,(H,22,24)/t13-/m1/s1. The molecule has 0 saturated carbocycles. The Morgan fingerprint density at radius 2 is 1.92 bits per heavy atom. The average molecular weight is 372 g/mol. The number of fused-ring (bicyclic) bond motifs is 1. The molecule has 3 rings (SSSR count). The van der Waals surface area contributed by atoms with Gasteiger partial charge in [-0.25, -0.2) is 0 Å². The lowest BCUT2D eigenvalue weighted by atomic mass is 10.1. The Morgan fingerprint density at radius 1 is 1.19 bits per heavy atom. The molecule has 0 spiro atoms. The van der Waals surface area contributed by atoms with Gasteiger partial charge in [0.05, 0.1) is 12.7 Å². The maximum absolute atomic E-state index is 12.2. The molecule has 26 heavy (non-hydrogen) atoms. The Kier molecular flexibility index (Phi) is 5.28. The number of halogens is 1. The summed E-state index contributed by atoms with van der Waals surface area (Å²) in [5.41, 5.74) is 3.11. The normalized spacial score (nSPS) is 12.0. The number of hydrogen-bond acceptors (Lipinski definition) is 4. The predicted octanol–water partition coefficient (Wildman–Crippen LogP) is 4.51. The molecule has 0 aliphatic rings. The van der Waals surface area contributed by atoms with Crippen molar-refractivity contribution < 1.29 is 18.7 Å². The number of aryl methyl sites for hydroxylation is 1. The van der Waals surface area contributed by atoms with E-state index in [1.807, 2.05) is 25.1 Å². The highest BCUT2D eigenvalue weighted by molar-refractivity contribution is 6.30. The number of esters is 1. The second-order valence-electron chi connectivity index (χ2n) is 6.07. The van der Waals surface area contributed by atoms with Crippen LogP contribution in [0.1, 0.15) is 18.1 Å². The zero-order valence-electron chi connectivity index (χ0n) is 14.4. The van der Waals surface area contributed by atoms with Gasteiger partial charge in [-0.3, -0.25) is 9.59 Å². The topological polar surface area (TPSA) is 68.5 Å². The Labute approximate surface area is 155 Å². The highest BCUT2D eigenvalue weighted by Crippen LogP contribution is 2.23. The number of ether oxygens (including phenoxy) is 1. The van der Waals surface area contributed by atoms with E-state index in [1.54, 1.807) is 30.5 Å². The summed E-state index contributed by atoms with van der Waals surface area (Å²) in [6.45, 7) is 3.50. The Morgan fingerprint density at radius 3 is 2.65 bits per heavy atom. The summed E-state index contributed by atoms with van der Waals surface area (Å²) in [6.07, 6.45) is 0.664. The van der Waals surface area contributed by atoms with E-state index in [0.29, 0.717) is 10.7 Å². The van der Waals surface area contributed by atoms with Crippen molar-refractivity contribution in [2.75, 3.05) is 5.32 Å². The fourth-order valence-electron chi connectivity index (χ4n) is 2.55. The number of carbonyl (C=O) groups excluding carboxylic acids is 2. The second kappa shape index (κ2) is 7.62. The molecule has 5 nitrogen and oxygen atoms in total. The Hall–Kier alpha value is -2.79. The molecule has 1 aromatic heterocycles. The van der Waals surface area contributed by atoms with Crippen LogP contribution in [-0.2, 0) is 20.7 Å². The van der Waals surface area contributed by atoms with E-state index in [-0.39, 0.29) is 6.42 Å². The van der Waals surface area contributed by atoms with Gasteiger partial charge in [-0.05, 0) is 49.7 Å². The monoisotopic (exact) mass is 371 g/mol. The molecule has 1 heterocycles. The number of hydrogen-bond donors (Lipinski definition) is 1. The molecule has 3 aromatic rings. The molecule has 0 saturated heterocycles. The lowest BCUT2D eigenvalue weighted by Crippen LogP contribution is -2.30. The van der Waals surface area contributed by atoms with Gasteiger partial charge in [0.15, 0.2) is 6.10 Å². The molecule has 0 fully saturated rings. The second-order valence-corrected chi connectivity index (χ2v) is 6.50. The van der Waals surface area contributed by atoms with Gasteiger partial charge in [-0.1, -0.05) is 23.7 Å². The third kappa shape index (κ3) is 4.24. The van der Waals surface area contributed by atoms with Gasteiger partial charge in [0.25, 0.3) is 5.91 Å². The SMILES string of the molecule is Cc1ccc2c(CC(=O)O[C@H](C)C(=O)Nc3ccc(Cl)cc3)coc2c1. The highest BCUT2D eigenvalue weighted by atomic mass is 35.5. The minimum atomic E-state index is -0.918. The molecule has 1 amide bonds. The van der Waals surface area contributed by atoms with Crippen LogP contribution >= 0.6 is 11.6 Å². The van der Waals surface area contributed by atoms with Gasteiger partial charge in [0.2, 0.25) is 0 Å². The fraction of sp³-hybridized carbons (Fsp3) is 0.200. The summed E-state index contributed by atoms with van der Waals surface area (Å²) >= 11 is 5.81. The minimum absolute atomic E-state index is 0.0363. The number of nitrogens with one attached hydrogen (secondary N) is 1. The van der Waals surface area contributed by atoms with Crippen LogP contribution in [0.4, 0.5) is 5.69 Å². The van der Waals surface area contributed by atoms with Crippen LogP contribution in [0.5, 0.6) is 0 Å². The van der Waals surface area contributed by atoms with Gasteiger partial charge in [-0.2, -0.15) is 0 Å². The van der Waals surface area contributed by atoms with Crippen LogP contribution in [0.2, 0.25) is 5.02 Å². The fourth-order valence-corrected chi connectivity index (χ4v) is 2.68. The third-order valence-electron chi connectivity index (χ3n) is 3.94. The largest absolute Gasteiger partial charge is 0.464 e. The maximum atomic E-state index is 12.2. The average Bonchev–Trinajstić information content (AvgIpc) is 2.98. The van der Waals surface area contributed by atoms with E-state index in [2.05, 4.69) is 5.32 Å². The van der Waals surface area contributed by atoms with Gasteiger partial charge in [0, 0.05) is 21.7 Å². The summed E-state index contributed by atoms with van der Waals surface area (Å²) in [7, 11) is 0. The first-order chi connectivity index (χ1) is 12.4. The molecule has 2 aromatic carbocycles. The van der Waals surface area contributed by atoms with Crippen LogP contribution in [0.15, 0.2) is 53.1 Å². The predicted molar refractivity (Wildman–Crippen MR) is 100 cm³/mol. The number of furan rings is 1. The van der Waals surface area contributed by atoms with Crippen molar-refractivity contribution in [3.8, 4) is 0 Å². The van der Waals surface area contributed by atoms with Crippen molar-refractivity contribution in [3.63, 3.8) is 0 Å². The zero-order valence-corrected chi connectivity index (χ0v) is 15.2. The number of carbonyl (C=O) groups is 2. The van der Waals surface area contributed by atoms with Crippen LogP contribution in [0.25, 0.3) is 11.0 Å². The van der Waals surface area contributed by atoms with Gasteiger partial charge in [-0.15, -0.1) is 0 Å². The van der Waals surface area contributed by atoms with Crippen molar-refractivity contribution in [2.24, 2.45) is 0 Å². The molecule has 0 unspecified atom stereocenters. The quantitative estimate of drug-likeness (QED) is 0.670. The van der Waals surface area contributed by atoms with E-state index in [9.17, 15) is 9.59 Å². The van der Waals surface area contributed by atoms with Crippen molar-refractivity contribution in [1.29, 1.82) is 0 Å². The van der Waals surface area contributed by atoms with Gasteiger partial charge < -0.3 is 14.5 Å². The minimum Gasteiger partial charge on any atom is -0.464 e. The molecular weight excluding hydrogens is 354 g/mol. The molecule has 0 radical (unpaired) electrons. The Bertz CT molecular complexity index is 946. The number of benzene rings is 2. The van der Waals surface area contributed by atoms with Crippen molar-refractivity contribution in [3.05, 3.63) is 64.9 Å². The molecule has 6 heteroatoms. The first-order valence-corrected chi connectivity index (χ1v) is 8.53. The van der Waals surface area contributed by atoms with Crippen LogP contribution in [0.3, 0.4) is 0 Å². The molecule has 1 N–H and O–H groups in total. The van der Waals surface area contributed by atoms with E-state index in [1.165, 1.54) is 6.92 Å². The van der Waals surface area contributed by atoms with Crippen LogP contribution < -0.4 is 5.32 Å². The number of anilines is 1. The van der Waals surface area contributed by atoms with E-state index in [4.69, 9.17) is 20.8 Å². The molecule has 0 aliphatic heterocycles. The maximum Gasteiger partial charge on any atom is 0.311 e. The third-order valence-corrected chi connectivity index (χ3v) is 4.19. The lowest BCUT2D eigenvalue weighted by Gasteiger charge is -2.13. The Balaban J connectivity index is 1.59. The molecular formula is C20H18ClNO4. The first-order valence-electron chi connectivity index (χ1n) is 8.15. The van der Waals surface area contributed by atoms with Crippen LogP contribution in [-0.4, -0.2) is 18.0 Å². The summed E-state index contributed by atoms with van der Waals surface area (Å²) in [6, 6.07) is 12.5. The molecule has 134 valence electrons. The molecule has 0 bridgehead atoms. The first kappa shape index (κ1) is 18.0. The summed E-state index contributed by atoms with van der Waals surface area (Å²) in [5.74, 6) is -0.902. The summed E-state index contributed by atoms with van der Waals surface area (Å²) in [4.78, 5) is 24.3. The smallest absolute Gasteiger partial charge is 0.311 e. The van der Waals surface area contributed by atoms with E-state index < -0.39 is 18.0 Å². The summed E-state index contributed by atoms with van der Waals surface area (Å²) in [5, 5.41) is 4.12. The number of rotatable bonds is 5. The molecule has 0 aliphatic carbocycles.